The summed E-state index contributed by atoms with van der Waals surface area (Å²) in [5.74, 6) is -3.62. The van der Waals surface area contributed by atoms with Crippen LogP contribution in [0.25, 0.3) is 0 Å². The summed E-state index contributed by atoms with van der Waals surface area (Å²) >= 11 is 1.93. The molecule has 0 aliphatic carbocycles. The second-order valence-corrected chi connectivity index (χ2v) is 9.51. The number of likely N-dealkylation sites (tertiary alicyclic amines) is 1. The molecule has 0 saturated carbocycles. The SMILES string of the molecule is O=C(c1ccc(F)c(F)c1Nc1ccc(I)cc1F)N1CC([OH2+])(CNCCc2cccnc2)C1. The van der Waals surface area contributed by atoms with Gasteiger partial charge in [-0.1, -0.05) is 6.07 Å². The van der Waals surface area contributed by atoms with Crippen LogP contribution in [0.3, 0.4) is 0 Å². The Kier molecular flexibility index (Phi) is 7.39. The average molecular weight is 583 g/mol. The number of rotatable bonds is 8. The number of hydrogen-bond donors (Lipinski definition) is 2. The molecule has 4 rings (SSSR count). The van der Waals surface area contributed by atoms with Crippen molar-refractivity contribution >= 4 is 39.9 Å². The van der Waals surface area contributed by atoms with Crippen LogP contribution in [0.15, 0.2) is 54.9 Å². The first-order valence-electron chi connectivity index (χ1n) is 10.6. The van der Waals surface area contributed by atoms with E-state index in [4.69, 9.17) is 5.11 Å². The average Bonchev–Trinajstić information content (AvgIpc) is 2.80. The molecule has 0 atom stereocenters. The molecule has 178 valence electrons. The summed E-state index contributed by atoms with van der Waals surface area (Å²) in [7, 11) is 0. The van der Waals surface area contributed by atoms with Crippen molar-refractivity contribution < 1.29 is 23.1 Å². The molecular formula is C24H23F3IN4O2+. The van der Waals surface area contributed by atoms with Crippen molar-refractivity contribution in [1.82, 2.24) is 15.2 Å². The van der Waals surface area contributed by atoms with E-state index in [1.165, 1.54) is 23.1 Å². The molecule has 2 aromatic carbocycles. The number of aromatic nitrogens is 1. The Morgan fingerprint density at radius 3 is 2.65 bits per heavy atom. The molecule has 0 bridgehead atoms. The van der Waals surface area contributed by atoms with Gasteiger partial charge in [0.15, 0.2) is 11.6 Å². The molecule has 3 aromatic rings. The first-order valence-corrected chi connectivity index (χ1v) is 11.7. The normalized spacial score (nSPS) is 14.6. The molecule has 0 radical (unpaired) electrons. The van der Waals surface area contributed by atoms with Crippen LogP contribution >= 0.6 is 22.6 Å². The number of amides is 1. The van der Waals surface area contributed by atoms with Crippen LogP contribution in [0.4, 0.5) is 24.5 Å². The topological polar surface area (TPSA) is 80.2 Å². The Morgan fingerprint density at radius 2 is 1.94 bits per heavy atom. The third-order valence-electron chi connectivity index (χ3n) is 5.57. The lowest BCUT2D eigenvalue weighted by molar-refractivity contribution is -0.0783. The smallest absolute Gasteiger partial charge is 0.256 e. The van der Waals surface area contributed by atoms with Gasteiger partial charge in [0.25, 0.3) is 5.91 Å². The predicted octanol–water partition coefficient (Wildman–Crippen LogP) is 3.60. The minimum absolute atomic E-state index is 0.0739. The Balaban J connectivity index is 1.40. The van der Waals surface area contributed by atoms with Crippen molar-refractivity contribution in [3.8, 4) is 0 Å². The highest BCUT2D eigenvalue weighted by atomic mass is 127. The zero-order valence-electron chi connectivity index (χ0n) is 18.0. The van der Waals surface area contributed by atoms with Crippen LogP contribution in [-0.2, 0) is 6.42 Å². The van der Waals surface area contributed by atoms with E-state index in [0.717, 1.165) is 18.1 Å². The fourth-order valence-electron chi connectivity index (χ4n) is 3.79. The fraction of sp³-hybridized carbons (Fsp3) is 0.250. The minimum Gasteiger partial charge on any atom is -0.437 e. The van der Waals surface area contributed by atoms with Gasteiger partial charge >= 0.3 is 0 Å². The van der Waals surface area contributed by atoms with Crippen molar-refractivity contribution in [2.24, 2.45) is 0 Å². The number of anilines is 2. The second kappa shape index (κ2) is 10.3. The number of nitrogens with zero attached hydrogens (tertiary/aromatic N) is 2. The first-order chi connectivity index (χ1) is 16.3. The molecule has 1 aromatic heterocycles. The van der Waals surface area contributed by atoms with E-state index in [0.29, 0.717) is 16.7 Å². The van der Waals surface area contributed by atoms with Gasteiger partial charge in [-0.05, 0) is 77.5 Å². The number of hydrogen-bond acceptors (Lipinski definition) is 4. The summed E-state index contributed by atoms with van der Waals surface area (Å²) in [6, 6.07) is 10.1. The maximum Gasteiger partial charge on any atom is 0.256 e. The van der Waals surface area contributed by atoms with Crippen LogP contribution < -0.4 is 10.6 Å². The number of benzene rings is 2. The quantitative estimate of drug-likeness (QED) is 0.242. The van der Waals surface area contributed by atoms with Gasteiger partial charge in [0.1, 0.15) is 5.82 Å². The van der Waals surface area contributed by atoms with E-state index in [2.05, 4.69) is 15.6 Å². The fourth-order valence-corrected chi connectivity index (χ4v) is 4.25. The van der Waals surface area contributed by atoms with Gasteiger partial charge in [-0.3, -0.25) is 9.78 Å². The molecule has 1 aliphatic heterocycles. The predicted molar refractivity (Wildman–Crippen MR) is 132 cm³/mol. The van der Waals surface area contributed by atoms with Gasteiger partial charge in [0, 0.05) is 16.0 Å². The Bertz CT molecular complexity index is 1190. The largest absolute Gasteiger partial charge is 0.437 e. The molecule has 4 N–H and O–H groups in total. The highest BCUT2D eigenvalue weighted by Crippen LogP contribution is 2.31. The van der Waals surface area contributed by atoms with E-state index < -0.39 is 34.6 Å². The molecule has 2 heterocycles. The summed E-state index contributed by atoms with van der Waals surface area (Å²) in [6.45, 7) is 1.33. The maximum atomic E-state index is 14.6. The summed E-state index contributed by atoms with van der Waals surface area (Å²) in [4.78, 5) is 18.5. The Labute approximate surface area is 208 Å². The van der Waals surface area contributed by atoms with Crippen LogP contribution in [0.5, 0.6) is 0 Å². The summed E-state index contributed by atoms with van der Waals surface area (Å²) in [5, 5.41) is 14.3. The lowest BCUT2D eigenvalue weighted by Crippen LogP contribution is -2.67. The van der Waals surface area contributed by atoms with Crippen molar-refractivity contribution in [1.29, 1.82) is 0 Å². The lowest BCUT2D eigenvalue weighted by atomic mass is 9.92. The molecule has 0 unspecified atom stereocenters. The number of halogens is 4. The molecule has 1 aliphatic rings. The monoisotopic (exact) mass is 583 g/mol. The lowest BCUT2D eigenvalue weighted by Gasteiger charge is -2.43. The van der Waals surface area contributed by atoms with E-state index in [-0.39, 0.29) is 24.3 Å². The molecule has 6 nitrogen and oxygen atoms in total. The van der Waals surface area contributed by atoms with Gasteiger partial charge < -0.3 is 20.6 Å². The van der Waals surface area contributed by atoms with Crippen LogP contribution in [0.2, 0.25) is 0 Å². The molecule has 1 saturated heterocycles. The van der Waals surface area contributed by atoms with Gasteiger partial charge in [-0.2, -0.15) is 0 Å². The van der Waals surface area contributed by atoms with Crippen molar-refractivity contribution in [2.75, 3.05) is 31.5 Å². The molecule has 10 heteroatoms. The molecule has 1 amide bonds. The number of carbonyl (C=O) groups excluding carboxylic acids is 1. The minimum atomic E-state index is -1.27. The van der Waals surface area contributed by atoms with Gasteiger partial charge in [-0.25, -0.2) is 13.2 Å². The highest BCUT2D eigenvalue weighted by molar-refractivity contribution is 14.1. The maximum absolute atomic E-state index is 14.6. The van der Waals surface area contributed by atoms with E-state index in [1.54, 1.807) is 18.5 Å². The van der Waals surface area contributed by atoms with E-state index >= 15 is 0 Å². The molecular weight excluding hydrogens is 560 g/mol. The Hall–Kier alpha value is -2.70. The standard InChI is InChI=1S/C24H22F3IN4O2/c25-18-5-4-17(22(21(18)27)31-20-6-3-16(28)10-19(20)26)23(33)32-13-24(34,14-32)12-30-9-7-15-2-1-8-29-11-15/h1-6,8,10-11,30-31,34H,7,9,12-14H2/p+1. The first kappa shape index (κ1) is 24.4. The third-order valence-corrected chi connectivity index (χ3v) is 6.24. The van der Waals surface area contributed by atoms with E-state index in [1.807, 2.05) is 34.7 Å². The van der Waals surface area contributed by atoms with Crippen LogP contribution in [-0.4, -0.2) is 52.7 Å². The molecule has 1 fully saturated rings. The van der Waals surface area contributed by atoms with Crippen LogP contribution in [0.1, 0.15) is 15.9 Å². The number of carbonyl (C=O) groups is 1. The van der Waals surface area contributed by atoms with Crippen molar-refractivity contribution in [3.63, 3.8) is 0 Å². The zero-order chi connectivity index (χ0) is 24.3. The Morgan fingerprint density at radius 1 is 1.15 bits per heavy atom. The van der Waals surface area contributed by atoms with Crippen molar-refractivity contribution in [2.45, 2.75) is 12.0 Å². The third kappa shape index (κ3) is 5.50. The number of nitrogens with one attached hydrogen (secondary N) is 2. The van der Waals surface area contributed by atoms with Crippen LogP contribution in [0, 0.1) is 21.0 Å². The van der Waals surface area contributed by atoms with Gasteiger partial charge in [0.2, 0.25) is 5.60 Å². The highest BCUT2D eigenvalue weighted by Gasteiger charge is 2.48. The summed E-state index contributed by atoms with van der Waals surface area (Å²) < 4.78 is 43.5. The molecule has 34 heavy (non-hydrogen) atoms. The zero-order valence-corrected chi connectivity index (χ0v) is 20.2. The van der Waals surface area contributed by atoms with Crippen molar-refractivity contribution in [3.05, 3.63) is 87.0 Å². The summed E-state index contributed by atoms with van der Waals surface area (Å²) in [5.41, 5.74) is -0.415. The second-order valence-electron chi connectivity index (χ2n) is 8.26. The van der Waals surface area contributed by atoms with Gasteiger partial charge in [-0.15, -0.1) is 0 Å². The molecule has 0 spiro atoms. The van der Waals surface area contributed by atoms with Gasteiger partial charge in [0.05, 0.1) is 36.6 Å². The summed E-state index contributed by atoms with van der Waals surface area (Å²) in [6.07, 6.45) is 4.27. The number of pyridine rings is 1. The van der Waals surface area contributed by atoms with E-state index in [9.17, 15) is 18.0 Å².